The Morgan fingerprint density at radius 3 is 2.71 bits per heavy atom. The molecule has 1 aliphatic rings. The van der Waals surface area contributed by atoms with Crippen molar-refractivity contribution in [3.63, 3.8) is 0 Å². The molecule has 38 heavy (non-hydrogen) atoms. The summed E-state index contributed by atoms with van der Waals surface area (Å²) in [6, 6.07) is 10.8. The summed E-state index contributed by atoms with van der Waals surface area (Å²) in [5.41, 5.74) is 8.43. The number of carbonyl (C=O) groups excluding carboxylic acids is 1. The molecule has 4 aromatic rings. The maximum atomic E-state index is 13.6. The summed E-state index contributed by atoms with van der Waals surface area (Å²) in [5.74, 6) is -0.591. The number of hydrogen-bond donors (Lipinski definition) is 4. The maximum absolute atomic E-state index is 13.6. The molecule has 1 aliphatic heterocycles. The Morgan fingerprint density at radius 1 is 1.26 bits per heavy atom. The standard InChI is InChI=1S/C26H25FN6O5/c1-38-20-7-6-16(27)10-18(20)24(34)29-11-14-2-4-15(5-3-14)19-13-33(17-8-9-32(12-17)26(36)37)22-21(19)23(28)30-31-25(22)35/h2-7,10,13,17H,8-9,11-12H2,1H3,(H2,28,30)(H,29,34)(H,31,35)(H,36,37). The van der Waals surface area contributed by atoms with Gasteiger partial charge in [0.25, 0.3) is 11.5 Å². The highest BCUT2D eigenvalue weighted by Gasteiger charge is 2.30. The molecule has 1 atom stereocenters. The normalized spacial score (nSPS) is 15.1. The van der Waals surface area contributed by atoms with Gasteiger partial charge in [-0.15, -0.1) is 0 Å². The van der Waals surface area contributed by atoms with Crippen LogP contribution in [0.4, 0.5) is 15.0 Å². The van der Waals surface area contributed by atoms with Gasteiger partial charge < -0.3 is 30.4 Å². The van der Waals surface area contributed by atoms with Crippen LogP contribution in [-0.2, 0) is 6.54 Å². The fourth-order valence-electron chi connectivity index (χ4n) is 4.82. The van der Waals surface area contributed by atoms with E-state index >= 15 is 0 Å². The Balaban J connectivity index is 1.41. The number of nitrogen functional groups attached to an aromatic ring is 1. The highest BCUT2D eigenvalue weighted by molar-refractivity contribution is 6.02. The zero-order valence-electron chi connectivity index (χ0n) is 20.4. The molecule has 196 valence electrons. The summed E-state index contributed by atoms with van der Waals surface area (Å²) in [6.45, 7) is 0.821. The van der Waals surface area contributed by atoms with Crippen LogP contribution in [0.1, 0.15) is 28.4 Å². The molecular formula is C26H25FN6O5. The molecule has 0 aliphatic carbocycles. The second-order valence-electron chi connectivity index (χ2n) is 9.01. The van der Waals surface area contributed by atoms with Crippen molar-refractivity contribution >= 4 is 28.7 Å². The van der Waals surface area contributed by atoms with Crippen LogP contribution in [0.5, 0.6) is 5.75 Å². The number of benzene rings is 2. The van der Waals surface area contributed by atoms with Crippen LogP contribution >= 0.6 is 0 Å². The summed E-state index contributed by atoms with van der Waals surface area (Å²) in [7, 11) is 1.41. The topological polar surface area (TPSA) is 156 Å². The van der Waals surface area contributed by atoms with Gasteiger partial charge in [0.2, 0.25) is 0 Å². The molecule has 0 bridgehead atoms. The molecule has 5 N–H and O–H groups in total. The lowest BCUT2D eigenvalue weighted by molar-refractivity contribution is 0.0947. The van der Waals surface area contributed by atoms with E-state index in [1.165, 1.54) is 24.1 Å². The first-order valence-electron chi connectivity index (χ1n) is 11.8. The van der Waals surface area contributed by atoms with E-state index in [0.717, 1.165) is 17.2 Å². The number of aromatic amines is 1. The van der Waals surface area contributed by atoms with E-state index in [1.807, 2.05) is 24.3 Å². The number of amides is 2. The van der Waals surface area contributed by atoms with Crippen LogP contribution in [0, 0.1) is 5.82 Å². The van der Waals surface area contributed by atoms with Gasteiger partial charge >= 0.3 is 6.09 Å². The van der Waals surface area contributed by atoms with E-state index in [2.05, 4.69) is 15.5 Å². The molecule has 0 saturated carbocycles. The molecule has 5 rings (SSSR count). The number of nitrogens with two attached hydrogens (primary N) is 1. The van der Waals surface area contributed by atoms with Crippen LogP contribution < -0.4 is 21.3 Å². The number of hydrogen-bond acceptors (Lipinski definition) is 6. The van der Waals surface area contributed by atoms with Gasteiger partial charge in [-0.2, -0.15) is 5.10 Å². The van der Waals surface area contributed by atoms with Crippen molar-refractivity contribution in [2.75, 3.05) is 25.9 Å². The summed E-state index contributed by atoms with van der Waals surface area (Å²) in [4.78, 5) is 38.1. The number of anilines is 1. The lowest BCUT2D eigenvalue weighted by atomic mass is 10.0. The third-order valence-corrected chi connectivity index (χ3v) is 6.73. The van der Waals surface area contributed by atoms with Gasteiger partial charge in [-0.25, -0.2) is 14.3 Å². The molecule has 1 fully saturated rings. The summed E-state index contributed by atoms with van der Waals surface area (Å²) in [6.07, 6.45) is 1.37. The first-order chi connectivity index (χ1) is 18.3. The maximum Gasteiger partial charge on any atom is 0.407 e. The number of likely N-dealkylation sites (tertiary alicyclic amines) is 1. The van der Waals surface area contributed by atoms with Gasteiger partial charge in [0.1, 0.15) is 17.1 Å². The minimum atomic E-state index is -1.00. The molecule has 0 spiro atoms. The van der Waals surface area contributed by atoms with Gasteiger partial charge in [0, 0.05) is 31.4 Å². The first-order valence-corrected chi connectivity index (χ1v) is 11.8. The molecule has 1 saturated heterocycles. The van der Waals surface area contributed by atoms with Crippen molar-refractivity contribution in [2.45, 2.75) is 19.0 Å². The third kappa shape index (κ3) is 4.51. The minimum absolute atomic E-state index is 0.0958. The van der Waals surface area contributed by atoms with Crippen LogP contribution in [0.3, 0.4) is 0 Å². The van der Waals surface area contributed by atoms with Gasteiger partial charge in [-0.1, -0.05) is 24.3 Å². The quantitative estimate of drug-likeness (QED) is 0.305. The number of carbonyl (C=O) groups is 2. The van der Waals surface area contributed by atoms with E-state index in [4.69, 9.17) is 10.5 Å². The number of methoxy groups -OCH3 is 1. The Bertz CT molecular complexity index is 1600. The lowest BCUT2D eigenvalue weighted by Gasteiger charge is -2.14. The first kappa shape index (κ1) is 24.8. The molecule has 1 unspecified atom stereocenters. The van der Waals surface area contributed by atoms with Crippen molar-refractivity contribution in [1.82, 2.24) is 25.0 Å². The van der Waals surface area contributed by atoms with Crippen molar-refractivity contribution in [3.8, 4) is 16.9 Å². The van der Waals surface area contributed by atoms with E-state index < -0.39 is 23.4 Å². The number of nitrogens with zero attached hydrogens (tertiary/aromatic N) is 3. The summed E-state index contributed by atoms with van der Waals surface area (Å²) in [5, 5.41) is 18.9. The van der Waals surface area contributed by atoms with E-state index in [-0.39, 0.29) is 36.3 Å². The number of nitrogens with one attached hydrogen (secondary N) is 2. The van der Waals surface area contributed by atoms with E-state index in [1.54, 1.807) is 10.8 Å². The number of H-pyrrole nitrogens is 1. The highest BCUT2D eigenvalue weighted by Crippen LogP contribution is 2.35. The minimum Gasteiger partial charge on any atom is -0.496 e. The largest absolute Gasteiger partial charge is 0.496 e. The van der Waals surface area contributed by atoms with Crippen molar-refractivity contribution in [2.24, 2.45) is 0 Å². The molecule has 11 nitrogen and oxygen atoms in total. The van der Waals surface area contributed by atoms with Crippen LogP contribution in [0.2, 0.25) is 0 Å². The van der Waals surface area contributed by atoms with Gasteiger partial charge in [0.05, 0.1) is 24.1 Å². The fourth-order valence-corrected chi connectivity index (χ4v) is 4.82. The van der Waals surface area contributed by atoms with Crippen LogP contribution in [0.15, 0.2) is 53.5 Å². The predicted octanol–water partition coefficient (Wildman–Crippen LogP) is 2.98. The number of carboxylic acid groups (broad SMARTS) is 1. The molecule has 3 heterocycles. The van der Waals surface area contributed by atoms with Gasteiger partial charge in [-0.05, 0) is 35.7 Å². The van der Waals surface area contributed by atoms with E-state index in [9.17, 15) is 23.9 Å². The Hall–Kier alpha value is -4.87. The fraction of sp³-hybridized carbons (Fsp3) is 0.231. The zero-order valence-corrected chi connectivity index (χ0v) is 20.4. The Morgan fingerprint density at radius 2 is 2.03 bits per heavy atom. The Kier molecular flexibility index (Phi) is 6.45. The molecule has 12 heteroatoms. The lowest BCUT2D eigenvalue weighted by Crippen LogP contribution is -2.27. The number of ether oxygens (including phenoxy) is 1. The summed E-state index contributed by atoms with van der Waals surface area (Å²) < 4.78 is 20.6. The number of fused-ring (bicyclic) bond motifs is 1. The third-order valence-electron chi connectivity index (χ3n) is 6.73. The zero-order chi connectivity index (χ0) is 27.0. The van der Waals surface area contributed by atoms with E-state index in [0.29, 0.717) is 29.4 Å². The van der Waals surface area contributed by atoms with Crippen LogP contribution in [0.25, 0.3) is 22.0 Å². The van der Waals surface area contributed by atoms with Crippen molar-refractivity contribution in [3.05, 3.63) is 76.0 Å². The molecule has 2 aromatic carbocycles. The Labute approximate surface area is 215 Å². The SMILES string of the molecule is COc1ccc(F)cc1C(=O)NCc1ccc(-c2cn(C3CCN(C(=O)O)C3)c3c(=O)[nH]nc(N)c23)cc1. The average molecular weight is 521 g/mol. The van der Waals surface area contributed by atoms with Crippen molar-refractivity contribution in [1.29, 1.82) is 0 Å². The van der Waals surface area contributed by atoms with Gasteiger partial charge in [-0.3, -0.25) is 9.59 Å². The summed E-state index contributed by atoms with van der Waals surface area (Å²) >= 11 is 0. The predicted molar refractivity (Wildman–Crippen MR) is 138 cm³/mol. The second kappa shape index (κ2) is 9.88. The van der Waals surface area contributed by atoms with Gasteiger partial charge in [0.15, 0.2) is 5.82 Å². The molecule has 2 amide bonds. The molecular weight excluding hydrogens is 495 g/mol. The highest BCUT2D eigenvalue weighted by atomic mass is 19.1. The van der Waals surface area contributed by atoms with Crippen molar-refractivity contribution < 1.29 is 23.8 Å². The molecule has 2 aromatic heterocycles. The second-order valence-corrected chi connectivity index (χ2v) is 9.01. The monoisotopic (exact) mass is 520 g/mol. The number of aromatic nitrogens is 3. The van der Waals surface area contributed by atoms with Crippen LogP contribution in [-0.4, -0.2) is 57.0 Å². The number of rotatable bonds is 6. The average Bonchev–Trinajstić information content (AvgIpc) is 3.56. The smallest absolute Gasteiger partial charge is 0.407 e. The number of halogens is 1. The molecule has 0 radical (unpaired) electrons.